The van der Waals surface area contributed by atoms with Crippen LogP contribution in [0.1, 0.15) is 6.42 Å². The molecule has 3 aromatic rings. The summed E-state index contributed by atoms with van der Waals surface area (Å²) in [5.74, 6) is 1.62. The van der Waals surface area contributed by atoms with E-state index in [9.17, 15) is 9.90 Å². The Morgan fingerprint density at radius 1 is 1.24 bits per heavy atom. The van der Waals surface area contributed by atoms with Gasteiger partial charge in [0.1, 0.15) is 22.8 Å². The van der Waals surface area contributed by atoms with Crippen molar-refractivity contribution in [1.82, 2.24) is 19.9 Å². The Hall–Kier alpha value is -3.79. The van der Waals surface area contributed by atoms with E-state index in [4.69, 9.17) is 14.5 Å². The van der Waals surface area contributed by atoms with E-state index in [1.807, 2.05) is 12.1 Å². The minimum absolute atomic E-state index is 0.0140. The highest BCUT2D eigenvalue weighted by Gasteiger charge is 2.49. The van der Waals surface area contributed by atoms with Crippen molar-refractivity contribution in [2.75, 3.05) is 57.7 Å². The predicted molar refractivity (Wildman–Crippen MR) is 141 cm³/mol. The number of aromatic hydroxyl groups is 1. The highest BCUT2D eigenvalue weighted by molar-refractivity contribution is 5.92. The van der Waals surface area contributed by atoms with Gasteiger partial charge in [-0.05, 0) is 30.4 Å². The summed E-state index contributed by atoms with van der Waals surface area (Å²) >= 11 is 0. The maximum Gasteiger partial charge on any atom is 0.227 e. The third kappa shape index (κ3) is 4.05. The van der Waals surface area contributed by atoms with Crippen molar-refractivity contribution in [2.45, 2.75) is 12.5 Å². The summed E-state index contributed by atoms with van der Waals surface area (Å²) in [5, 5.41) is 14.3. The largest absolute Gasteiger partial charge is 0.504 e. The van der Waals surface area contributed by atoms with E-state index in [1.165, 1.54) is 6.20 Å². The summed E-state index contributed by atoms with van der Waals surface area (Å²) in [4.78, 5) is 29.4. The van der Waals surface area contributed by atoms with Gasteiger partial charge in [-0.25, -0.2) is 9.97 Å². The Morgan fingerprint density at radius 2 is 2.03 bits per heavy atom. The van der Waals surface area contributed by atoms with Gasteiger partial charge in [0.25, 0.3) is 0 Å². The number of fused-ring (bicyclic) bond motifs is 3. The molecule has 3 heterocycles. The van der Waals surface area contributed by atoms with E-state index in [0.29, 0.717) is 41.6 Å². The number of pyridine rings is 1. The lowest BCUT2D eigenvalue weighted by Gasteiger charge is -2.31. The van der Waals surface area contributed by atoms with Crippen LogP contribution >= 0.6 is 0 Å². The molecule has 6 rings (SSSR count). The fourth-order valence-corrected chi connectivity index (χ4v) is 5.93. The fourth-order valence-electron chi connectivity index (χ4n) is 5.93. The van der Waals surface area contributed by atoms with E-state index >= 15 is 0 Å². The number of aromatic nitrogens is 3. The number of nitrogens with one attached hydrogen (secondary N) is 2. The summed E-state index contributed by atoms with van der Waals surface area (Å²) < 4.78 is 11.2. The number of hydrogen-bond acceptors (Lipinski definition) is 8. The molecule has 1 aromatic carbocycles. The van der Waals surface area contributed by atoms with E-state index in [0.717, 1.165) is 30.8 Å². The second kappa shape index (κ2) is 9.26. The van der Waals surface area contributed by atoms with Gasteiger partial charge in [0.15, 0.2) is 11.4 Å². The van der Waals surface area contributed by atoms with Crippen LogP contribution in [0.15, 0.2) is 36.5 Å². The number of methoxy groups -OCH3 is 1. The number of amides is 1. The summed E-state index contributed by atoms with van der Waals surface area (Å²) in [7, 11) is 5.22. The molecule has 2 aromatic heterocycles. The van der Waals surface area contributed by atoms with Crippen molar-refractivity contribution in [1.29, 1.82) is 0 Å². The average molecular weight is 505 g/mol. The first kappa shape index (κ1) is 23.6. The molecule has 10 heteroatoms. The monoisotopic (exact) mass is 504 g/mol. The molecule has 1 aliphatic heterocycles. The molecule has 2 aliphatic carbocycles. The van der Waals surface area contributed by atoms with Gasteiger partial charge < -0.3 is 34.7 Å². The number of aromatic amines is 1. The maximum atomic E-state index is 13.0. The number of morpholine rings is 1. The number of imidazole rings is 1. The van der Waals surface area contributed by atoms with Gasteiger partial charge in [0.2, 0.25) is 5.91 Å². The van der Waals surface area contributed by atoms with Gasteiger partial charge in [-0.2, -0.15) is 0 Å². The Balaban J connectivity index is 1.35. The molecule has 4 unspecified atom stereocenters. The number of carbonyl (C=O) groups excluding carboxylic acids is 1. The number of rotatable bonds is 6. The van der Waals surface area contributed by atoms with E-state index in [1.54, 1.807) is 26.1 Å². The number of carbonyl (C=O) groups is 1. The number of ether oxygens (including phenoxy) is 2. The molecule has 2 bridgehead atoms. The third-order valence-electron chi connectivity index (χ3n) is 7.81. The summed E-state index contributed by atoms with van der Waals surface area (Å²) in [6.45, 7) is 3.08. The van der Waals surface area contributed by atoms with Crippen molar-refractivity contribution in [3.63, 3.8) is 0 Å². The Labute approximate surface area is 215 Å². The van der Waals surface area contributed by atoms with Gasteiger partial charge in [0, 0.05) is 45.0 Å². The van der Waals surface area contributed by atoms with Crippen LogP contribution in [-0.2, 0) is 9.53 Å². The van der Waals surface area contributed by atoms with Crippen LogP contribution < -0.4 is 15.0 Å². The highest BCUT2D eigenvalue weighted by atomic mass is 16.5. The smallest absolute Gasteiger partial charge is 0.227 e. The van der Waals surface area contributed by atoms with Gasteiger partial charge in [-0.3, -0.25) is 4.79 Å². The quantitative estimate of drug-likeness (QED) is 0.439. The molecule has 194 valence electrons. The van der Waals surface area contributed by atoms with Crippen LogP contribution in [0.2, 0.25) is 0 Å². The number of anilines is 2. The Kier molecular flexibility index (Phi) is 5.91. The first-order valence-corrected chi connectivity index (χ1v) is 12.7. The van der Waals surface area contributed by atoms with Gasteiger partial charge in [-0.15, -0.1) is 0 Å². The minimum Gasteiger partial charge on any atom is -0.504 e. The lowest BCUT2D eigenvalue weighted by Crippen LogP contribution is -2.43. The molecule has 0 radical (unpaired) electrons. The molecule has 10 nitrogen and oxygen atoms in total. The van der Waals surface area contributed by atoms with Crippen molar-refractivity contribution in [2.24, 2.45) is 17.8 Å². The summed E-state index contributed by atoms with van der Waals surface area (Å²) in [6.07, 6.45) is 6.66. The molecule has 37 heavy (non-hydrogen) atoms. The standard InChI is InChI=1S/C27H32N6O4/c1-32(2)27(35)21-15-4-5-16(12-15)22(21)29-23-19(34)14-28-26-24(23)30-25(31-26)18-7-6-17(13-20(18)36-3)33-8-10-37-11-9-33/h4-7,13-16,21-22,34H,8-12H2,1-3H3,(H2,28,29,30,31). The van der Waals surface area contributed by atoms with E-state index < -0.39 is 0 Å². The number of hydrogen-bond donors (Lipinski definition) is 3. The van der Waals surface area contributed by atoms with Crippen LogP contribution in [-0.4, -0.2) is 84.4 Å². The normalized spacial score (nSPS) is 24.6. The third-order valence-corrected chi connectivity index (χ3v) is 7.81. The zero-order valence-corrected chi connectivity index (χ0v) is 21.3. The second-order valence-corrected chi connectivity index (χ2v) is 10.2. The molecule has 4 atom stereocenters. The molecule has 1 saturated heterocycles. The fraction of sp³-hybridized carbons (Fsp3) is 0.444. The van der Waals surface area contributed by atoms with Crippen LogP contribution in [0.5, 0.6) is 11.5 Å². The van der Waals surface area contributed by atoms with Crippen LogP contribution in [0.4, 0.5) is 11.4 Å². The number of allylic oxidation sites excluding steroid dienone is 1. The number of benzene rings is 1. The van der Waals surface area contributed by atoms with Crippen LogP contribution in [0.25, 0.3) is 22.6 Å². The van der Waals surface area contributed by atoms with Crippen molar-refractivity contribution >= 4 is 28.4 Å². The van der Waals surface area contributed by atoms with Gasteiger partial charge in [0.05, 0.1) is 38.0 Å². The van der Waals surface area contributed by atoms with Gasteiger partial charge >= 0.3 is 0 Å². The first-order valence-electron chi connectivity index (χ1n) is 12.7. The second-order valence-electron chi connectivity index (χ2n) is 10.2. The highest BCUT2D eigenvalue weighted by Crippen LogP contribution is 2.47. The summed E-state index contributed by atoms with van der Waals surface area (Å²) in [6, 6.07) is 5.92. The topological polar surface area (TPSA) is 116 Å². The van der Waals surface area contributed by atoms with E-state index in [-0.39, 0.29) is 35.5 Å². The predicted octanol–water partition coefficient (Wildman–Crippen LogP) is 2.87. The average Bonchev–Trinajstić information content (AvgIpc) is 3.65. The minimum atomic E-state index is -0.192. The molecule has 0 spiro atoms. The Bertz CT molecular complexity index is 1360. The molecular formula is C27H32N6O4. The zero-order chi connectivity index (χ0) is 25.7. The molecule has 3 N–H and O–H groups in total. The number of H-pyrrole nitrogens is 1. The first-order chi connectivity index (χ1) is 17.9. The zero-order valence-electron chi connectivity index (χ0n) is 21.3. The Morgan fingerprint density at radius 3 is 2.78 bits per heavy atom. The van der Waals surface area contributed by atoms with Crippen molar-refractivity contribution in [3.05, 3.63) is 36.5 Å². The molecule has 3 aliphatic rings. The molecular weight excluding hydrogens is 472 g/mol. The molecule has 1 saturated carbocycles. The van der Waals surface area contributed by atoms with E-state index in [2.05, 4.69) is 38.4 Å². The lowest BCUT2D eigenvalue weighted by atomic mass is 9.87. The molecule has 2 fully saturated rings. The van der Waals surface area contributed by atoms with Crippen molar-refractivity contribution in [3.8, 4) is 22.9 Å². The molecule has 1 amide bonds. The maximum absolute atomic E-state index is 13.0. The van der Waals surface area contributed by atoms with Crippen molar-refractivity contribution < 1.29 is 19.4 Å². The SMILES string of the molecule is COc1cc(N2CCOCC2)ccc1-c1nc2ncc(O)c(NC3C4C=CC(C4)C3C(=O)N(C)C)c2[nH]1. The summed E-state index contributed by atoms with van der Waals surface area (Å²) in [5.41, 5.74) is 3.45. The number of nitrogens with zero attached hydrogens (tertiary/aromatic N) is 4. The van der Waals surface area contributed by atoms with Crippen LogP contribution in [0.3, 0.4) is 0 Å². The van der Waals surface area contributed by atoms with Crippen LogP contribution in [0, 0.1) is 17.8 Å². The lowest BCUT2D eigenvalue weighted by molar-refractivity contribution is -0.134. The van der Waals surface area contributed by atoms with Gasteiger partial charge in [-0.1, -0.05) is 12.2 Å².